The van der Waals surface area contributed by atoms with Gasteiger partial charge in [0.15, 0.2) is 0 Å². The fourth-order valence-corrected chi connectivity index (χ4v) is 5.79. The molecule has 2 saturated heterocycles. The summed E-state index contributed by atoms with van der Waals surface area (Å²) in [6.07, 6.45) is 8.53. The smallest absolute Gasteiger partial charge is 0.256 e. The summed E-state index contributed by atoms with van der Waals surface area (Å²) in [5.74, 6) is 0.189. The van der Waals surface area contributed by atoms with E-state index in [1.165, 1.54) is 11.8 Å². The maximum Gasteiger partial charge on any atom is 0.256 e. The third-order valence-electron chi connectivity index (χ3n) is 7.30. The second kappa shape index (κ2) is 8.60. The lowest BCUT2D eigenvalue weighted by molar-refractivity contribution is 0.0769. The van der Waals surface area contributed by atoms with Gasteiger partial charge in [0, 0.05) is 43.9 Å². The van der Waals surface area contributed by atoms with E-state index in [4.69, 9.17) is 11.6 Å². The Labute approximate surface area is 203 Å². The van der Waals surface area contributed by atoms with Gasteiger partial charge in [-0.2, -0.15) is 0 Å². The van der Waals surface area contributed by atoms with Gasteiger partial charge in [-0.05, 0) is 53.8 Å². The monoisotopic (exact) mass is 476 g/mol. The van der Waals surface area contributed by atoms with Crippen molar-refractivity contribution in [2.75, 3.05) is 32.7 Å². The number of amides is 1. The molecule has 4 aliphatic heterocycles. The van der Waals surface area contributed by atoms with E-state index < -0.39 is 5.82 Å². The summed E-state index contributed by atoms with van der Waals surface area (Å²) in [6, 6.07) is 14.2. The average Bonchev–Trinajstić information content (AvgIpc) is 3.52. The van der Waals surface area contributed by atoms with E-state index in [-0.39, 0.29) is 17.6 Å². The minimum atomic E-state index is -0.445. The van der Waals surface area contributed by atoms with Gasteiger partial charge in [-0.25, -0.2) is 4.39 Å². The standard InChI is InChI=1S/C27H26ClFN4O/c28-21-10-8-18(9-11-21)26-24(33-12-4-3-7-25(33)30-26)17-31-13-19-15-32(16-20(19)14-31)27(34)22-5-1-2-6-23(22)29/h1-12,19-20,25,30H,13-17H2. The SMILES string of the molecule is O=C(c1ccccc1F)N1CC2CN(CC3=C(c4ccc(Cl)cc4)NC4C=CC=CN34)CC2C1. The van der Waals surface area contributed by atoms with E-state index >= 15 is 0 Å². The van der Waals surface area contributed by atoms with Crippen LogP contribution in [0.15, 0.2) is 78.7 Å². The Balaban J connectivity index is 1.17. The number of nitrogens with zero attached hydrogens (tertiary/aromatic N) is 3. The Kier molecular flexibility index (Phi) is 5.42. The summed E-state index contributed by atoms with van der Waals surface area (Å²) in [4.78, 5) is 19.5. The number of nitrogens with one attached hydrogen (secondary N) is 1. The lowest BCUT2D eigenvalue weighted by atomic mass is 10.0. The summed E-state index contributed by atoms with van der Waals surface area (Å²) >= 11 is 6.12. The van der Waals surface area contributed by atoms with Gasteiger partial charge in [-0.15, -0.1) is 0 Å². The number of carbonyl (C=O) groups is 1. The number of carbonyl (C=O) groups excluding carboxylic acids is 1. The van der Waals surface area contributed by atoms with E-state index in [0.717, 1.165) is 35.9 Å². The van der Waals surface area contributed by atoms with Gasteiger partial charge in [0.1, 0.15) is 12.0 Å². The number of halogens is 2. The fourth-order valence-electron chi connectivity index (χ4n) is 5.66. The Hall–Kier alpha value is -3.09. The molecule has 1 amide bonds. The lowest BCUT2D eigenvalue weighted by Crippen LogP contribution is -2.37. The van der Waals surface area contributed by atoms with E-state index in [2.05, 4.69) is 51.7 Å². The van der Waals surface area contributed by atoms with Crippen LogP contribution in [0.25, 0.3) is 5.70 Å². The van der Waals surface area contributed by atoms with Gasteiger partial charge >= 0.3 is 0 Å². The zero-order chi connectivity index (χ0) is 23.2. The minimum Gasteiger partial charge on any atom is -0.360 e. The molecule has 1 N–H and O–H groups in total. The van der Waals surface area contributed by atoms with Gasteiger partial charge in [0.05, 0.1) is 17.0 Å². The summed E-state index contributed by atoms with van der Waals surface area (Å²) in [6.45, 7) is 4.06. The largest absolute Gasteiger partial charge is 0.360 e. The van der Waals surface area contributed by atoms with Crippen LogP contribution in [-0.2, 0) is 0 Å². The number of allylic oxidation sites excluding steroid dienone is 2. The van der Waals surface area contributed by atoms with Crippen LogP contribution in [0.1, 0.15) is 15.9 Å². The molecule has 0 aromatic heterocycles. The van der Waals surface area contributed by atoms with E-state index in [1.807, 2.05) is 17.0 Å². The predicted octanol–water partition coefficient (Wildman–Crippen LogP) is 4.17. The molecule has 0 saturated carbocycles. The normalized spacial score (nSPS) is 25.6. The summed E-state index contributed by atoms with van der Waals surface area (Å²) < 4.78 is 14.1. The summed E-state index contributed by atoms with van der Waals surface area (Å²) in [7, 11) is 0. The number of hydrogen-bond acceptors (Lipinski definition) is 4. The predicted molar refractivity (Wildman–Crippen MR) is 131 cm³/mol. The molecule has 3 atom stereocenters. The molecule has 2 aromatic carbocycles. The number of benzene rings is 2. The molecule has 0 radical (unpaired) electrons. The highest BCUT2D eigenvalue weighted by Crippen LogP contribution is 2.36. The molecule has 2 fully saturated rings. The molecule has 2 aromatic rings. The number of fused-ring (bicyclic) bond motifs is 2. The Morgan fingerprint density at radius 2 is 1.74 bits per heavy atom. The van der Waals surface area contributed by atoms with Crippen LogP contribution in [0.4, 0.5) is 4.39 Å². The van der Waals surface area contributed by atoms with Gasteiger partial charge in [0.2, 0.25) is 0 Å². The molecule has 0 spiro atoms. The Morgan fingerprint density at radius 1 is 1.00 bits per heavy atom. The molecule has 6 rings (SSSR count). The van der Waals surface area contributed by atoms with Crippen LogP contribution in [0.3, 0.4) is 0 Å². The molecule has 4 aliphatic rings. The molecule has 3 unspecified atom stereocenters. The van der Waals surface area contributed by atoms with Crippen LogP contribution in [0.2, 0.25) is 5.02 Å². The van der Waals surface area contributed by atoms with Gasteiger partial charge in [-0.1, -0.05) is 41.9 Å². The van der Waals surface area contributed by atoms with E-state index in [0.29, 0.717) is 24.9 Å². The first-order chi connectivity index (χ1) is 16.6. The van der Waals surface area contributed by atoms with Gasteiger partial charge in [-0.3, -0.25) is 9.69 Å². The molecule has 0 bridgehead atoms. The van der Waals surface area contributed by atoms with Crippen molar-refractivity contribution in [3.05, 3.63) is 101 Å². The lowest BCUT2D eigenvalue weighted by Gasteiger charge is -2.28. The maximum absolute atomic E-state index is 14.1. The Morgan fingerprint density at radius 3 is 2.47 bits per heavy atom. The van der Waals surface area contributed by atoms with Crippen LogP contribution < -0.4 is 5.32 Å². The molecule has 174 valence electrons. The highest BCUT2D eigenvalue weighted by Gasteiger charge is 2.43. The maximum atomic E-state index is 14.1. The van der Waals surface area contributed by atoms with Gasteiger partial charge in [0.25, 0.3) is 5.91 Å². The minimum absolute atomic E-state index is 0.113. The fraction of sp³-hybridized carbons (Fsp3) is 0.296. The second-order valence-corrected chi connectivity index (χ2v) is 9.89. The van der Waals surface area contributed by atoms with Crippen molar-refractivity contribution >= 4 is 23.2 Å². The molecular formula is C27H26ClFN4O. The summed E-state index contributed by atoms with van der Waals surface area (Å²) in [5, 5.41) is 4.38. The molecular weight excluding hydrogens is 451 g/mol. The third-order valence-corrected chi connectivity index (χ3v) is 7.55. The van der Waals surface area contributed by atoms with Crippen LogP contribution in [0, 0.1) is 17.7 Å². The Bertz CT molecular complexity index is 1190. The number of rotatable bonds is 4. The van der Waals surface area contributed by atoms with Crippen LogP contribution >= 0.6 is 11.6 Å². The highest BCUT2D eigenvalue weighted by molar-refractivity contribution is 6.30. The highest BCUT2D eigenvalue weighted by atomic mass is 35.5. The van der Waals surface area contributed by atoms with Crippen LogP contribution in [0.5, 0.6) is 0 Å². The zero-order valence-electron chi connectivity index (χ0n) is 18.7. The topological polar surface area (TPSA) is 38.8 Å². The van der Waals surface area contributed by atoms with Gasteiger partial charge < -0.3 is 15.1 Å². The molecule has 34 heavy (non-hydrogen) atoms. The van der Waals surface area contributed by atoms with Crippen LogP contribution in [-0.4, -0.2) is 59.5 Å². The van der Waals surface area contributed by atoms with Crippen molar-refractivity contribution in [3.63, 3.8) is 0 Å². The van der Waals surface area contributed by atoms with Crippen molar-refractivity contribution < 1.29 is 9.18 Å². The quantitative estimate of drug-likeness (QED) is 0.719. The first kappa shape index (κ1) is 21.4. The van der Waals surface area contributed by atoms with E-state index in [9.17, 15) is 9.18 Å². The van der Waals surface area contributed by atoms with E-state index in [1.54, 1.807) is 18.2 Å². The number of hydrogen-bond donors (Lipinski definition) is 1. The van der Waals surface area contributed by atoms with Crippen molar-refractivity contribution in [2.24, 2.45) is 11.8 Å². The molecule has 7 heteroatoms. The van der Waals surface area contributed by atoms with Crippen molar-refractivity contribution in [3.8, 4) is 0 Å². The molecule has 0 aliphatic carbocycles. The van der Waals surface area contributed by atoms with Crippen molar-refractivity contribution in [1.82, 2.24) is 20.0 Å². The third kappa shape index (κ3) is 3.81. The molecule has 4 heterocycles. The summed E-state index contributed by atoms with van der Waals surface area (Å²) in [5.41, 5.74) is 3.67. The first-order valence-electron chi connectivity index (χ1n) is 11.7. The van der Waals surface area contributed by atoms with Crippen molar-refractivity contribution in [1.29, 1.82) is 0 Å². The first-order valence-corrected chi connectivity index (χ1v) is 12.1. The van der Waals surface area contributed by atoms with Crippen molar-refractivity contribution in [2.45, 2.75) is 6.17 Å². The molecule has 5 nitrogen and oxygen atoms in total. The zero-order valence-corrected chi connectivity index (χ0v) is 19.5. The second-order valence-electron chi connectivity index (χ2n) is 9.46. The average molecular weight is 477 g/mol. The number of likely N-dealkylation sites (tertiary alicyclic amines) is 2.